The molecule has 0 radical (unpaired) electrons. The molecule has 11 heteroatoms. The zero-order valence-corrected chi connectivity index (χ0v) is 21.8. The van der Waals surface area contributed by atoms with Gasteiger partial charge in [0.05, 0.1) is 21.4 Å². The molecule has 0 saturated carbocycles. The topological polar surface area (TPSA) is 126 Å². The monoisotopic (exact) mass is 551 g/mol. The van der Waals surface area contributed by atoms with Crippen molar-refractivity contribution in [2.45, 2.75) is 26.3 Å². The predicted molar refractivity (Wildman–Crippen MR) is 148 cm³/mol. The average Bonchev–Trinajstić information content (AvgIpc) is 2.91. The molecule has 2 amide bonds. The summed E-state index contributed by atoms with van der Waals surface area (Å²) in [4.78, 5) is 40.4. The summed E-state index contributed by atoms with van der Waals surface area (Å²) in [5.74, 6) is -0.848. The zero-order chi connectivity index (χ0) is 27.2. The smallest absolute Gasteiger partial charge is 0.323 e. The van der Waals surface area contributed by atoms with Gasteiger partial charge in [0.15, 0.2) is 0 Å². The highest BCUT2D eigenvalue weighted by Gasteiger charge is 2.15. The number of aliphatic carboxylic acids is 1. The molecule has 4 rings (SSSR count). The number of urea groups is 1. The van der Waals surface area contributed by atoms with Gasteiger partial charge in [0.1, 0.15) is 5.69 Å². The summed E-state index contributed by atoms with van der Waals surface area (Å²) >= 11 is 12.2. The minimum absolute atomic E-state index is 0.0247. The van der Waals surface area contributed by atoms with Gasteiger partial charge < -0.3 is 15.7 Å². The lowest BCUT2D eigenvalue weighted by molar-refractivity contribution is -0.136. The number of carbonyl (C=O) groups excluding carboxylic acids is 1. The third-order valence-electron chi connectivity index (χ3n) is 5.66. The Hall–Kier alpha value is -4.21. The zero-order valence-electron chi connectivity index (χ0n) is 20.2. The number of benzene rings is 2. The van der Waals surface area contributed by atoms with Crippen molar-refractivity contribution in [1.82, 2.24) is 14.8 Å². The molecule has 3 N–H and O–H groups in total. The van der Waals surface area contributed by atoms with E-state index in [-0.39, 0.29) is 34.4 Å². The Morgan fingerprint density at radius 3 is 2.29 bits per heavy atom. The van der Waals surface area contributed by atoms with Gasteiger partial charge in [0.2, 0.25) is 0 Å². The molecule has 0 unspecified atom stereocenters. The van der Waals surface area contributed by atoms with Crippen LogP contribution in [0.15, 0.2) is 71.8 Å². The number of carboxylic acids is 1. The van der Waals surface area contributed by atoms with Crippen molar-refractivity contribution in [3.8, 4) is 22.4 Å². The largest absolute Gasteiger partial charge is 0.481 e. The third kappa shape index (κ3) is 6.37. The van der Waals surface area contributed by atoms with Crippen molar-refractivity contribution in [3.63, 3.8) is 0 Å². The second-order valence-electron chi connectivity index (χ2n) is 8.30. The number of amides is 2. The number of nitrogens with zero attached hydrogens (tertiary/aromatic N) is 3. The number of anilines is 2. The van der Waals surface area contributed by atoms with Crippen LogP contribution in [-0.4, -0.2) is 31.9 Å². The first-order valence-electron chi connectivity index (χ1n) is 11.7. The molecule has 194 valence electrons. The van der Waals surface area contributed by atoms with Gasteiger partial charge in [-0.2, -0.15) is 5.10 Å². The molecule has 0 saturated heterocycles. The van der Waals surface area contributed by atoms with Crippen LogP contribution in [0.3, 0.4) is 0 Å². The predicted octanol–water partition coefficient (Wildman–Crippen LogP) is 5.96. The number of aryl methyl sites for hydroxylation is 2. The van der Waals surface area contributed by atoms with Crippen LogP contribution in [0.2, 0.25) is 10.0 Å². The molecule has 0 aliphatic carbocycles. The summed E-state index contributed by atoms with van der Waals surface area (Å²) in [6, 6.07) is 16.0. The molecule has 2 aromatic heterocycles. The van der Waals surface area contributed by atoms with Crippen LogP contribution in [0.25, 0.3) is 22.4 Å². The number of hydrogen-bond acceptors (Lipinski definition) is 5. The summed E-state index contributed by atoms with van der Waals surface area (Å²) in [6.45, 7) is 2.06. The molecule has 38 heavy (non-hydrogen) atoms. The summed E-state index contributed by atoms with van der Waals surface area (Å²) < 4.78 is 1.26. The van der Waals surface area contributed by atoms with E-state index in [0.717, 1.165) is 22.3 Å². The van der Waals surface area contributed by atoms with E-state index in [1.165, 1.54) is 23.1 Å². The standard InChI is InChI=1S/C27H23Cl2N5O4/c1-2-34-26(37)23(31-27(38)32-25-20(28)14-30-15-21(25)29)13-22(33-34)19-8-4-7-18(12-19)17-6-3-5-16(11-17)9-10-24(35)36/h3-8,11-15H,2,9-10H2,1H3,(H,35,36)(H2,30,31,32,38). The molecular formula is C27H23Cl2N5O4. The SMILES string of the molecule is CCn1nc(-c2cccc(-c3cccc(CCC(=O)O)c3)c2)cc(NC(=O)Nc2c(Cl)cncc2Cl)c1=O. The van der Waals surface area contributed by atoms with Gasteiger partial charge in [-0.1, -0.05) is 65.7 Å². The molecule has 2 heterocycles. The number of carbonyl (C=O) groups is 2. The lowest BCUT2D eigenvalue weighted by Gasteiger charge is -2.13. The highest BCUT2D eigenvalue weighted by atomic mass is 35.5. The summed E-state index contributed by atoms with van der Waals surface area (Å²) in [7, 11) is 0. The van der Waals surface area contributed by atoms with Crippen LogP contribution in [-0.2, 0) is 17.8 Å². The van der Waals surface area contributed by atoms with Gasteiger partial charge in [-0.15, -0.1) is 0 Å². The molecule has 0 aliphatic rings. The van der Waals surface area contributed by atoms with E-state index in [1.54, 1.807) is 6.92 Å². The maximum absolute atomic E-state index is 12.9. The first-order valence-corrected chi connectivity index (χ1v) is 12.4. The van der Waals surface area contributed by atoms with Gasteiger partial charge in [0.25, 0.3) is 5.56 Å². The fraction of sp³-hybridized carbons (Fsp3) is 0.148. The van der Waals surface area contributed by atoms with Gasteiger partial charge in [0, 0.05) is 30.9 Å². The Bertz CT molecular complexity index is 1550. The van der Waals surface area contributed by atoms with E-state index in [4.69, 9.17) is 28.3 Å². The van der Waals surface area contributed by atoms with Crippen LogP contribution in [0.5, 0.6) is 0 Å². The molecule has 0 fully saturated rings. The Kier molecular flexibility index (Phi) is 8.40. The minimum atomic E-state index is -0.848. The van der Waals surface area contributed by atoms with Crippen LogP contribution >= 0.6 is 23.2 Å². The van der Waals surface area contributed by atoms with Gasteiger partial charge in [-0.3, -0.25) is 14.6 Å². The van der Waals surface area contributed by atoms with Crippen molar-refractivity contribution in [2.24, 2.45) is 0 Å². The first-order chi connectivity index (χ1) is 18.2. The number of hydrogen-bond donors (Lipinski definition) is 3. The minimum Gasteiger partial charge on any atom is -0.481 e. The Morgan fingerprint density at radius 2 is 1.61 bits per heavy atom. The fourth-order valence-corrected chi connectivity index (χ4v) is 4.26. The number of rotatable bonds is 8. The molecule has 0 spiro atoms. The number of pyridine rings is 1. The van der Waals surface area contributed by atoms with Gasteiger partial charge in [-0.25, -0.2) is 9.48 Å². The van der Waals surface area contributed by atoms with Gasteiger partial charge in [-0.05, 0) is 42.2 Å². The summed E-state index contributed by atoms with van der Waals surface area (Å²) in [5.41, 5.74) is 3.66. The third-order valence-corrected chi connectivity index (χ3v) is 6.23. The van der Waals surface area contributed by atoms with Crippen LogP contribution in [0.4, 0.5) is 16.2 Å². The van der Waals surface area contributed by atoms with E-state index in [1.807, 2.05) is 48.5 Å². The first kappa shape index (κ1) is 26.8. The van der Waals surface area contributed by atoms with Crippen LogP contribution < -0.4 is 16.2 Å². The van der Waals surface area contributed by atoms with Gasteiger partial charge >= 0.3 is 12.0 Å². The summed E-state index contributed by atoms with van der Waals surface area (Å²) in [5, 5.41) is 18.9. The molecule has 0 bridgehead atoms. The van der Waals surface area contributed by atoms with Crippen molar-refractivity contribution in [1.29, 1.82) is 0 Å². The molecule has 2 aromatic carbocycles. The number of halogens is 2. The normalized spacial score (nSPS) is 10.7. The lowest BCUT2D eigenvalue weighted by atomic mass is 9.98. The van der Waals surface area contributed by atoms with E-state index in [9.17, 15) is 14.4 Å². The second-order valence-corrected chi connectivity index (χ2v) is 9.11. The van der Waals surface area contributed by atoms with Crippen LogP contribution in [0.1, 0.15) is 18.9 Å². The number of nitrogens with one attached hydrogen (secondary N) is 2. The molecule has 9 nitrogen and oxygen atoms in total. The average molecular weight is 552 g/mol. The molecule has 0 atom stereocenters. The van der Waals surface area contributed by atoms with Crippen molar-refractivity contribution >= 4 is 46.6 Å². The highest BCUT2D eigenvalue weighted by molar-refractivity contribution is 6.39. The Balaban J connectivity index is 1.64. The number of aromatic nitrogens is 3. The van der Waals surface area contributed by atoms with E-state index < -0.39 is 17.6 Å². The maximum Gasteiger partial charge on any atom is 0.323 e. The van der Waals surface area contributed by atoms with E-state index >= 15 is 0 Å². The highest BCUT2D eigenvalue weighted by Crippen LogP contribution is 2.29. The maximum atomic E-state index is 12.9. The second kappa shape index (κ2) is 11.9. The quantitative estimate of drug-likeness (QED) is 0.248. The Morgan fingerprint density at radius 1 is 0.947 bits per heavy atom. The fourth-order valence-electron chi connectivity index (χ4n) is 3.80. The molecule has 0 aliphatic heterocycles. The lowest BCUT2D eigenvalue weighted by Crippen LogP contribution is -2.29. The van der Waals surface area contributed by atoms with Crippen LogP contribution in [0, 0.1) is 0 Å². The summed E-state index contributed by atoms with van der Waals surface area (Å²) in [6.07, 6.45) is 3.16. The molecule has 4 aromatic rings. The van der Waals surface area contributed by atoms with E-state index in [2.05, 4.69) is 20.7 Å². The van der Waals surface area contributed by atoms with Crippen molar-refractivity contribution in [2.75, 3.05) is 10.6 Å². The van der Waals surface area contributed by atoms with Crippen molar-refractivity contribution in [3.05, 3.63) is 93.0 Å². The number of carboxylic acid groups (broad SMARTS) is 1. The van der Waals surface area contributed by atoms with Crippen molar-refractivity contribution < 1.29 is 14.7 Å². The molecular weight excluding hydrogens is 529 g/mol. The van der Waals surface area contributed by atoms with E-state index in [0.29, 0.717) is 12.1 Å². The Labute approximate surface area is 228 Å².